The average Bonchev–Trinajstić information content (AvgIpc) is 2.43. The van der Waals surface area contributed by atoms with E-state index in [1.54, 1.807) is 24.4 Å². The minimum atomic E-state index is -0.761. The fourth-order valence-corrected chi connectivity index (χ4v) is 1.95. The number of aromatic nitrogens is 2. The maximum absolute atomic E-state index is 13.9. The molecular formula is C14H9F2N3. The van der Waals surface area contributed by atoms with Crippen molar-refractivity contribution in [3.05, 3.63) is 54.4 Å². The van der Waals surface area contributed by atoms with Gasteiger partial charge in [0.15, 0.2) is 5.82 Å². The van der Waals surface area contributed by atoms with Crippen LogP contribution in [0.3, 0.4) is 0 Å². The van der Waals surface area contributed by atoms with Crippen LogP contribution in [0.1, 0.15) is 0 Å². The van der Waals surface area contributed by atoms with Gasteiger partial charge in [0.2, 0.25) is 0 Å². The molecule has 19 heavy (non-hydrogen) atoms. The minimum Gasteiger partial charge on any atom is -0.396 e. The molecule has 0 spiro atoms. The van der Waals surface area contributed by atoms with Gasteiger partial charge in [-0.15, -0.1) is 0 Å². The predicted octanol–water partition coefficient (Wildman–Crippen LogP) is 3.16. The molecule has 0 aliphatic heterocycles. The van der Waals surface area contributed by atoms with E-state index in [2.05, 4.69) is 9.97 Å². The Hall–Kier alpha value is -2.56. The molecule has 1 aromatic heterocycles. The van der Waals surface area contributed by atoms with Crippen molar-refractivity contribution in [2.75, 3.05) is 5.73 Å². The highest BCUT2D eigenvalue weighted by Crippen LogP contribution is 2.30. The van der Waals surface area contributed by atoms with E-state index in [-0.39, 0.29) is 11.3 Å². The maximum Gasteiger partial charge on any atom is 0.156 e. The second kappa shape index (κ2) is 4.28. The van der Waals surface area contributed by atoms with E-state index < -0.39 is 11.6 Å². The Morgan fingerprint density at radius 1 is 0.895 bits per heavy atom. The van der Waals surface area contributed by atoms with Crippen LogP contribution in [0.2, 0.25) is 0 Å². The zero-order valence-corrected chi connectivity index (χ0v) is 9.77. The number of benzene rings is 2. The van der Waals surface area contributed by atoms with Crippen molar-refractivity contribution in [3.8, 4) is 11.1 Å². The first kappa shape index (κ1) is 11.5. The van der Waals surface area contributed by atoms with Crippen LogP contribution < -0.4 is 5.73 Å². The molecule has 3 rings (SSSR count). The van der Waals surface area contributed by atoms with Crippen LogP contribution in [-0.2, 0) is 0 Å². The number of anilines is 1. The highest BCUT2D eigenvalue weighted by atomic mass is 19.1. The number of hydrogen-bond acceptors (Lipinski definition) is 3. The summed E-state index contributed by atoms with van der Waals surface area (Å²) < 4.78 is 27.7. The van der Waals surface area contributed by atoms with E-state index in [4.69, 9.17) is 5.73 Å². The first-order chi connectivity index (χ1) is 9.16. The van der Waals surface area contributed by atoms with Gasteiger partial charge in [0.05, 0.1) is 22.3 Å². The predicted molar refractivity (Wildman–Crippen MR) is 69.3 cm³/mol. The number of hydrogen-bond donors (Lipinski definition) is 1. The van der Waals surface area contributed by atoms with Gasteiger partial charge in [-0.2, -0.15) is 0 Å². The Labute approximate surface area is 107 Å². The molecule has 0 fully saturated rings. The summed E-state index contributed by atoms with van der Waals surface area (Å²) in [7, 11) is 0. The van der Waals surface area contributed by atoms with Crippen molar-refractivity contribution in [2.45, 2.75) is 0 Å². The molecule has 0 unspecified atom stereocenters. The zero-order chi connectivity index (χ0) is 13.4. The molecule has 5 heteroatoms. The van der Waals surface area contributed by atoms with Crippen molar-refractivity contribution in [3.63, 3.8) is 0 Å². The van der Waals surface area contributed by atoms with Gasteiger partial charge in [-0.3, -0.25) is 9.97 Å². The third kappa shape index (κ3) is 1.89. The number of fused-ring (bicyclic) bond motifs is 1. The minimum absolute atomic E-state index is 0.0874. The number of halogens is 2. The van der Waals surface area contributed by atoms with Crippen LogP contribution in [0.15, 0.2) is 42.7 Å². The van der Waals surface area contributed by atoms with Gasteiger partial charge in [-0.05, 0) is 29.8 Å². The number of nitrogens with zero attached hydrogens (tertiary/aromatic N) is 2. The Kier molecular flexibility index (Phi) is 2.59. The Bertz CT molecular complexity index is 772. The molecule has 94 valence electrons. The SMILES string of the molecule is Nc1ccc(F)c(-c2ccc3nccnc3c2)c1F. The number of rotatable bonds is 1. The zero-order valence-electron chi connectivity index (χ0n) is 9.77. The van der Waals surface area contributed by atoms with Crippen LogP contribution in [-0.4, -0.2) is 9.97 Å². The monoisotopic (exact) mass is 257 g/mol. The van der Waals surface area contributed by atoms with Crippen molar-refractivity contribution >= 4 is 16.7 Å². The standard InChI is InChI=1S/C14H9F2N3/c15-9-2-3-10(17)14(16)13(9)8-1-4-11-12(7-8)19-6-5-18-11/h1-7H,17H2. The first-order valence-electron chi connectivity index (χ1n) is 5.61. The maximum atomic E-state index is 13.9. The molecule has 0 aliphatic carbocycles. The van der Waals surface area contributed by atoms with Crippen molar-refractivity contribution < 1.29 is 8.78 Å². The lowest BCUT2D eigenvalue weighted by molar-refractivity contribution is 0.592. The molecule has 0 bridgehead atoms. The van der Waals surface area contributed by atoms with E-state index in [1.165, 1.54) is 12.3 Å². The van der Waals surface area contributed by atoms with Crippen molar-refractivity contribution in [2.24, 2.45) is 0 Å². The summed E-state index contributed by atoms with van der Waals surface area (Å²) in [4.78, 5) is 8.21. The van der Waals surface area contributed by atoms with Crippen molar-refractivity contribution in [1.82, 2.24) is 9.97 Å². The summed E-state index contributed by atoms with van der Waals surface area (Å²) in [5.41, 5.74) is 6.85. The summed E-state index contributed by atoms with van der Waals surface area (Å²) in [6.45, 7) is 0. The van der Waals surface area contributed by atoms with Gasteiger partial charge in [0.25, 0.3) is 0 Å². The average molecular weight is 257 g/mol. The second-order valence-electron chi connectivity index (χ2n) is 4.09. The van der Waals surface area contributed by atoms with Gasteiger partial charge >= 0.3 is 0 Å². The Morgan fingerprint density at radius 3 is 2.42 bits per heavy atom. The van der Waals surface area contributed by atoms with E-state index >= 15 is 0 Å². The van der Waals surface area contributed by atoms with Crippen molar-refractivity contribution in [1.29, 1.82) is 0 Å². The molecule has 3 nitrogen and oxygen atoms in total. The first-order valence-corrected chi connectivity index (χ1v) is 5.61. The molecule has 0 atom stereocenters. The lowest BCUT2D eigenvalue weighted by Crippen LogP contribution is -1.97. The summed E-state index contributed by atoms with van der Waals surface area (Å²) >= 11 is 0. The fourth-order valence-electron chi connectivity index (χ4n) is 1.95. The lowest BCUT2D eigenvalue weighted by Gasteiger charge is -2.08. The largest absolute Gasteiger partial charge is 0.396 e. The molecule has 2 N–H and O–H groups in total. The van der Waals surface area contributed by atoms with Crippen LogP contribution in [0.5, 0.6) is 0 Å². The van der Waals surface area contributed by atoms with Crippen LogP contribution in [0, 0.1) is 11.6 Å². The summed E-state index contributed by atoms with van der Waals surface area (Å²) in [6, 6.07) is 7.20. The summed E-state index contributed by atoms with van der Waals surface area (Å²) in [5, 5.41) is 0. The van der Waals surface area contributed by atoms with Crippen LogP contribution in [0.25, 0.3) is 22.2 Å². The smallest absolute Gasteiger partial charge is 0.156 e. The van der Waals surface area contributed by atoms with E-state index in [9.17, 15) is 8.78 Å². The molecule has 2 aromatic carbocycles. The molecule has 0 aliphatic rings. The number of nitrogen functional groups attached to an aromatic ring is 1. The Balaban J connectivity index is 2.27. The van der Waals surface area contributed by atoms with Gasteiger partial charge in [0.1, 0.15) is 5.82 Å². The Morgan fingerprint density at radius 2 is 1.63 bits per heavy atom. The molecule has 0 amide bonds. The van der Waals surface area contributed by atoms with Gasteiger partial charge in [-0.25, -0.2) is 8.78 Å². The van der Waals surface area contributed by atoms with Gasteiger partial charge < -0.3 is 5.73 Å². The fraction of sp³-hybridized carbons (Fsp3) is 0. The quantitative estimate of drug-likeness (QED) is 0.681. The highest BCUT2D eigenvalue weighted by molar-refractivity contribution is 5.82. The lowest BCUT2D eigenvalue weighted by atomic mass is 10.0. The number of nitrogens with two attached hydrogens (primary N) is 1. The molecule has 0 saturated carbocycles. The summed E-state index contributed by atoms with van der Waals surface area (Å²) in [6.07, 6.45) is 3.09. The molecular weight excluding hydrogens is 248 g/mol. The van der Waals surface area contributed by atoms with E-state index in [0.29, 0.717) is 16.6 Å². The summed E-state index contributed by atoms with van der Waals surface area (Å²) in [5.74, 6) is -1.42. The normalized spacial score (nSPS) is 10.8. The highest BCUT2D eigenvalue weighted by Gasteiger charge is 2.14. The van der Waals surface area contributed by atoms with E-state index in [1.807, 2.05) is 0 Å². The molecule has 1 heterocycles. The molecule has 0 saturated heterocycles. The van der Waals surface area contributed by atoms with Gasteiger partial charge in [-0.1, -0.05) is 6.07 Å². The molecule has 0 radical (unpaired) electrons. The third-order valence-electron chi connectivity index (χ3n) is 2.88. The third-order valence-corrected chi connectivity index (χ3v) is 2.88. The van der Waals surface area contributed by atoms with E-state index in [0.717, 1.165) is 6.07 Å². The van der Waals surface area contributed by atoms with Crippen LogP contribution >= 0.6 is 0 Å². The molecule has 3 aromatic rings. The van der Waals surface area contributed by atoms with Crippen LogP contribution in [0.4, 0.5) is 14.5 Å². The second-order valence-corrected chi connectivity index (χ2v) is 4.09. The van der Waals surface area contributed by atoms with Gasteiger partial charge in [0, 0.05) is 12.4 Å². The topological polar surface area (TPSA) is 51.8 Å².